The summed E-state index contributed by atoms with van der Waals surface area (Å²) in [7, 11) is 1.47. The highest BCUT2D eigenvalue weighted by Gasteiger charge is 2.39. The number of methoxy groups -OCH3 is 1. The maximum Gasteiger partial charge on any atom is 0.173 e. The summed E-state index contributed by atoms with van der Waals surface area (Å²) in [5.41, 5.74) is 3.32. The SMILES string of the molecule is COc1cc2c(cc1O)N=C[C@@H]1Cc3ccccc3C1C2=O. The quantitative estimate of drug-likeness (QED) is 0.878. The van der Waals surface area contributed by atoms with Crippen LogP contribution in [0, 0.1) is 5.92 Å². The Hall–Kier alpha value is -2.62. The molecule has 0 spiro atoms. The fourth-order valence-electron chi connectivity index (χ4n) is 3.47. The van der Waals surface area contributed by atoms with Gasteiger partial charge in [0.2, 0.25) is 0 Å². The van der Waals surface area contributed by atoms with E-state index < -0.39 is 0 Å². The van der Waals surface area contributed by atoms with Crippen molar-refractivity contribution in [3.8, 4) is 11.5 Å². The number of carbonyl (C=O) groups is 1. The molecule has 0 fully saturated rings. The standard InChI is InChI=1S/C18H15NO3/c1-22-16-7-13-14(8-15(16)20)19-9-11-6-10-4-2-3-5-12(10)17(11)18(13)21/h2-5,7-9,11,17,20H,6H2,1H3/t11-,17?/m0/s1. The lowest BCUT2D eigenvalue weighted by Gasteiger charge is -2.15. The van der Waals surface area contributed by atoms with E-state index in [1.165, 1.54) is 18.7 Å². The highest BCUT2D eigenvalue weighted by Crippen LogP contribution is 2.44. The van der Waals surface area contributed by atoms with E-state index >= 15 is 0 Å². The van der Waals surface area contributed by atoms with Crippen LogP contribution in [-0.4, -0.2) is 24.2 Å². The average Bonchev–Trinajstić information content (AvgIpc) is 2.84. The van der Waals surface area contributed by atoms with Gasteiger partial charge >= 0.3 is 0 Å². The molecule has 1 N–H and O–H groups in total. The number of fused-ring (bicyclic) bond motifs is 4. The minimum Gasteiger partial charge on any atom is -0.504 e. The van der Waals surface area contributed by atoms with Crippen molar-refractivity contribution < 1.29 is 14.6 Å². The second-order valence-electron chi connectivity index (χ2n) is 5.73. The van der Waals surface area contributed by atoms with Gasteiger partial charge in [0.05, 0.1) is 18.7 Å². The van der Waals surface area contributed by atoms with Gasteiger partial charge in [-0.25, -0.2) is 0 Å². The molecule has 1 aliphatic carbocycles. The van der Waals surface area contributed by atoms with Crippen LogP contribution in [0.5, 0.6) is 11.5 Å². The Morgan fingerprint density at radius 2 is 2.09 bits per heavy atom. The summed E-state index contributed by atoms with van der Waals surface area (Å²) in [5.74, 6) is 0.215. The summed E-state index contributed by atoms with van der Waals surface area (Å²) in [6.45, 7) is 0. The summed E-state index contributed by atoms with van der Waals surface area (Å²) in [6, 6.07) is 11.1. The maximum absolute atomic E-state index is 13.0. The monoisotopic (exact) mass is 293 g/mol. The molecule has 0 bridgehead atoms. The van der Waals surface area contributed by atoms with Crippen molar-refractivity contribution >= 4 is 17.7 Å². The summed E-state index contributed by atoms with van der Waals surface area (Å²) >= 11 is 0. The Morgan fingerprint density at radius 1 is 1.27 bits per heavy atom. The van der Waals surface area contributed by atoms with Gasteiger partial charge in [-0.2, -0.15) is 0 Å². The second-order valence-corrected chi connectivity index (χ2v) is 5.73. The van der Waals surface area contributed by atoms with Crippen molar-refractivity contribution in [1.82, 2.24) is 0 Å². The molecule has 110 valence electrons. The van der Waals surface area contributed by atoms with Gasteiger partial charge in [-0.05, 0) is 23.6 Å². The lowest BCUT2D eigenvalue weighted by atomic mass is 9.86. The summed E-state index contributed by atoms with van der Waals surface area (Å²) in [4.78, 5) is 17.5. The number of benzene rings is 2. The number of phenolic OH excluding ortho intramolecular Hbond substituents is 1. The first-order valence-corrected chi connectivity index (χ1v) is 7.26. The van der Waals surface area contributed by atoms with E-state index in [1.807, 2.05) is 24.4 Å². The topological polar surface area (TPSA) is 58.9 Å². The van der Waals surface area contributed by atoms with Crippen LogP contribution in [0.15, 0.2) is 41.4 Å². The zero-order valence-electron chi connectivity index (χ0n) is 12.1. The molecule has 0 amide bonds. The van der Waals surface area contributed by atoms with Crippen molar-refractivity contribution in [2.75, 3.05) is 7.11 Å². The van der Waals surface area contributed by atoms with Crippen LogP contribution in [0.1, 0.15) is 27.4 Å². The number of hydrogen-bond acceptors (Lipinski definition) is 4. The van der Waals surface area contributed by atoms with Crippen LogP contribution in [0.3, 0.4) is 0 Å². The number of carbonyl (C=O) groups excluding carboxylic acids is 1. The summed E-state index contributed by atoms with van der Waals surface area (Å²) < 4.78 is 5.13. The number of ketones is 1. The maximum atomic E-state index is 13.0. The fourth-order valence-corrected chi connectivity index (χ4v) is 3.47. The van der Waals surface area contributed by atoms with Crippen molar-refractivity contribution in [3.05, 3.63) is 53.1 Å². The Labute approximate surface area is 128 Å². The molecule has 2 aromatic carbocycles. The number of phenols is 1. The zero-order valence-corrected chi connectivity index (χ0v) is 12.1. The lowest BCUT2D eigenvalue weighted by Crippen LogP contribution is -2.17. The third-order valence-electron chi connectivity index (χ3n) is 4.52. The van der Waals surface area contributed by atoms with Gasteiger partial charge in [0.1, 0.15) is 0 Å². The number of ether oxygens (including phenoxy) is 1. The molecule has 4 nitrogen and oxygen atoms in total. The second kappa shape index (κ2) is 4.70. The summed E-state index contributed by atoms with van der Waals surface area (Å²) in [5, 5.41) is 9.90. The highest BCUT2D eigenvalue weighted by atomic mass is 16.5. The first-order valence-electron chi connectivity index (χ1n) is 7.26. The molecule has 0 radical (unpaired) electrons. The third kappa shape index (κ3) is 1.77. The van der Waals surface area contributed by atoms with E-state index in [9.17, 15) is 9.90 Å². The van der Waals surface area contributed by atoms with Crippen LogP contribution in [-0.2, 0) is 6.42 Å². The molecule has 0 aromatic heterocycles. The van der Waals surface area contributed by atoms with E-state index in [1.54, 1.807) is 6.07 Å². The smallest absolute Gasteiger partial charge is 0.173 e. The number of aliphatic imine (C=N–C) groups is 1. The molecule has 4 rings (SSSR count). The Bertz CT molecular complexity index is 810. The number of nitrogens with zero attached hydrogens (tertiary/aromatic N) is 1. The van der Waals surface area contributed by atoms with Crippen LogP contribution in [0.4, 0.5) is 5.69 Å². The van der Waals surface area contributed by atoms with Gasteiger partial charge in [-0.1, -0.05) is 24.3 Å². The molecule has 22 heavy (non-hydrogen) atoms. The van der Waals surface area contributed by atoms with Gasteiger partial charge in [0.25, 0.3) is 0 Å². The minimum absolute atomic E-state index is 0.00124. The molecule has 2 aliphatic rings. The number of aromatic hydroxyl groups is 1. The largest absolute Gasteiger partial charge is 0.504 e. The lowest BCUT2D eigenvalue weighted by molar-refractivity contribution is 0.0952. The Morgan fingerprint density at radius 3 is 2.91 bits per heavy atom. The molecule has 4 heteroatoms. The van der Waals surface area contributed by atoms with Gasteiger partial charge in [0, 0.05) is 23.8 Å². The molecule has 1 heterocycles. The molecular weight excluding hydrogens is 278 g/mol. The van der Waals surface area contributed by atoms with Crippen LogP contribution in [0.2, 0.25) is 0 Å². The fraction of sp³-hybridized carbons (Fsp3) is 0.222. The van der Waals surface area contributed by atoms with Crippen LogP contribution < -0.4 is 4.74 Å². The molecule has 2 atom stereocenters. The van der Waals surface area contributed by atoms with E-state index in [2.05, 4.69) is 11.1 Å². The van der Waals surface area contributed by atoms with Crippen LogP contribution >= 0.6 is 0 Å². The van der Waals surface area contributed by atoms with Crippen molar-refractivity contribution in [1.29, 1.82) is 0 Å². The van der Waals surface area contributed by atoms with Gasteiger partial charge < -0.3 is 9.84 Å². The molecule has 1 aliphatic heterocycles. The Balaban J connectivity index is 1.88. The van der Waals surface area contributed by atoms with Gasteiger partial charge in [-0.3, -0.25) is 9.79 Å². The van der Waals surface area contributed by atoms with Crippen molar-refractivity contribution in [3.63, 3.8) is 0 Å². The van der Waals surface area contributed by atoms with E-state index in [-0.39, 0.29) is 23.4 Å². The zero-order chi connectivity index (χ0) is 15.3. The predicted molar refractivity (Wildman–Crippen MR) is 83.5 cm³/mol. The molecular formula is C18H15NO3. The molecule has 0 saturated heterocycles. The van der Waals surface area contributed by atoms with Crippen molar-refractivity contribution in [2.45, 2.75) is 12.3 Å². The number of Topliss-reactive ketones (excluding diaryl/α,β-unsaturated/α-hetero) is 1. The average molecular weight is 293 g/mol. The van der Waals surface area contributed by atoms with E-state index in [4.69, 9.17) is 4.74 Å². The van der Waals surface area contributed by atoms with E-state index in [0.717, 1.165) is 12.0 Å². The van der Waals surface area contributed by atoms with Crippen LogP contribution in [0.25, 0.3) is 0 Å². The minimum atomic E-state index is -0.199. The number of rotatable bonds is 1. The highest BCUT2D eigenvalue weighted by molar-refractivity contribution is 6.09. The molecule has 2 aromatic rings. The van der Waals surface area contributed by atoms with E-state index in [0.29, 0.717) is 17.0 Å². The first-order chi connectivity index (χ1) is 10.7. The molecule has 1 unspecified atom stereocenters. The van der Waals surface area contributed by atoms with Gasteiger partial charge in [0.15, 0.2) is 17.3 Å². The molecule has 0 saturated carbocycles. The number of hydrogen-bond donors (Lipinski definition) is 1. The Kier molecular flexibility index (Phi) is 2.79. The normalized spacial score (nSPS) is 21.8. The summed E-state index contributed by atoms with van der Waals surface area (Å²) in [6.07, 6.45) is 2.67. The third-order valence-corrected chi connectivity index (χ3v) is 4.52. The predicted octanol–water partition coefficient (Wildman–Crippen LogP) is 3.26. The van der Waals surface area contributed by atoms with Gasteiger partial charge in [-0.15, -0.1) is 0 Å². The van der Waals surface area contributed by atoms with Crippen molar-refractivity contribution in [2.24, 2.45) is 10.9 Å². The first kappa shape index (κ1) is 13.1.